The quantitative estimate of drug-likeness (QED) is 0.436. The summed E-state index contributed by atoms with van der Waals surface area (Å²) in [6.45, 7) is 1.65. The molecule has 2 aromatic carbocycles. The van der Waals surface area contributed by atoms with E-state index in [9.17, 15) is 13.2 Å². The van der Waals surface area contributed by atoms with Crippen LogP contribution in [-0.2, 0) is 15.6 Å². The second-order valence-corrected chi connectivity index (χ2v) is 10.1. The molecule has 34 heavy (non-hydrogen) atoms. The lowest BCUT2D eigenvalue weighted by atomic mass is 9.78. The Hall–Kier alpha value is -2.05. The molecule has 0 radical (unpaired) electrons. The minimum Gasteiger partial charge on any atom is -0.429 e. The standard InChI is InChI=1S/C28H33F3O3/c29-25-13-15-26(16-14-25)34-28(30,31)24-11-9-21(10-12-24)20-5-7-22(8-6-20)27-32-17-23(18-33-27)19-3-1-2-4-19/h9-16,19-20,22-23,27H,1-8,17-18H2. The molecule has 5 rings (SSSR count). The molecule has 3 fully saturated rings. The molecule has 0 atom stereocenters. The van der Waals surface area contributed by atoms with E-state index in [0.717, 1.165) is 62.5 Å². The van der Waals surface area contributed by atoms with E-state index in [2.05, 4.69) is 0 Å². The van der Waals surface area contributed by atoms with Crippen LogP contribution in [0, 0.1) is 23.6 Å². The summed E-state index contributed by atoms with van der Waals surface area (Å²) in [7, 11) is 0. The zero-order valence-corrected chi connectivity index (χ0v) is 19.4. The predicted octanol–water partition coefficient (Wildman–Crippen LogP) is 7.41. The van der Waals surface area contributed by atoms with Crippen molar-refractivity contribution in [3.8, 4) is 5.75 Å². The molecule has 2 aliphatic carbocycles. The fourth-order valence-corrected chi connectivity index (χ4v) is 5.89. The van der Waals surface area contributed by atoms with Crippen molar-refractivity contribution in [2.45, 2.75) is 69.7 Å². The van der Waals surface area contributed by atoms with E-state index in [1.165, 1.54) is 49.9 Å². The third kappa shape index (κ3) is 5.44. The number of hydrogen-bond acceptors (Lipinski definition) is 3. The van der Waals surface area contributed by atoms with Crippen molar-refractivity contribution < 1.29 is 27.4 Å². The summed E-state index contributed by atoms with van der Waals surface area (Å²) in [5, 5.41) is 0. The molecular weight excluding hydrogens is 441 g/mol. The molecule has 0 N–H and O–H groups in total. The molecule has 1 saturated heterocycles. The lowest BCUT2D eigenvalue weighted by molar-refractivity contribution is -0.234. The lowest BCUT2D eigenvalue weighted by Crippen LogP contribution is -2.40. The summed E-state index contributed by atoms with van der Waals surface area (Å²) >= 11 is 0. The monoisotopic (exact) mass is 474 g/mol. The number of rotatable bonds is 6. The topological polar surface area (TPSA) is 27.7 Å². The smallest absolute Gasteiger partial charge is 0.426 e. The molecule has 1 heterocycles. The van der Waals surface area contributed by atoms with E-state index < -0.39 is 11.9 Å². The van der Waals surface area contributed by atoms with Crippen LogP contribution in [-0.4, -0.2) is 19.5 Å². The van der Waals surface area contributed by atoms with Crippen LogP contribution in [0.3, 0.4) is 0 Å². The van der Waals surface area contributed by atoms with Crippen LogP contribution in [0.15, 0.2) is 48.5 Å². The Morgan fingerprint density at radius 1 is 0.706 bits per heavy atom. The Bertz CT molecular complexity index is 909. The van der Waals surface area contributed by atoms with Gasteiger partial charge in [-0.2, -0.15) is 8.78 Å². The SMILES string of the molecule is Fc1ccc(OC(F)(F)c2ccc(C3CCC(C4OCC(C5CCCC5)CO4)CC3)cc2)cc1. The molecule has 0 aromatic heterocycles. The Balaban J connectivity index is 1.12. The number of alkyl halides is 2. The van der Waals surface area contributed by atoms with Crippen LogP contribution in [0.5, 0.6) is 5.75 Å². The minimum absolute atomic E-state index is 0.0736. The largest absolute Gasteiger partial charge is 0.429 e. The first-order valence-electron chi connectivity index (χ1n) is 12.6. The normalized spacial score (nSPS) is 28.7. The Morgan fingerprint density at radius 2 is 1.32 bits per heavy atom. The molecule has 0 spiro atoms. The van der Waals surface area contributed by atoms with Crippen LogP contribution >= 0.6 is 0 Å². The molecule has 6 heteroatoms. The molecule has 2 saturated carbocycles. The van der Waals surface area contributed by atoms with Gasteiger partial charge >= 0.3 is 6.11 Å². The van der Waals surface area contributed by atoms with Gasteiger partial charge in [-0.25, -0.2) is 4.39 Å². The van der Waals surface area contributed by atoms with Crippen LogP contribution in [0.25, 0.3) is 0 Å². The van der Waals surface area contributed by atoms with Crippen LogP contribution in [0.2, 0.25) is 0 Å². The van der Waals surface area contributed by atoms with Crippen LogP contribution in [0.1, 0.15) is 68.4 Å². The second kappa shape index (κ2) is 10.3. The van der Waals surface area contributed by atoms with Crippen molar-refractivity contribution in [1.29, 1.82) is 0 Å². The van der Waals surface area contributed by atoms with Gasteiger partial charge in [0.1, 0.15) is 11.6 Å². The highest BCUT2D eigenvalue weighted by Crippen LogP contribution is 2.41. The summed E-state index contributed by atoms with van der Waals surface area (Å²) in [5.41, 5.74) is 0.863. The molecule has 1 aliphatic heterocycles. The van der Waals surface area contributed by atoms with E-state index in [0.29, 0.717) is 17.8 Å². The first-order valence-corrected chi connectivity index (χ1v) is 12.6. The van der Waals surface area contributed by atoms with E-state index in [4.69, 9.17) is 14.2 Å². The van der Waals surface area contributed by atoms with Gasteiger partial charge in [-0.15, -0.1) is 0 Å². The highest BCUT2D eigenvalue weighted by atomic mass is 19.3. The maximum atomic E-state index is 14.6. The zero-order chi connectivity index (χ0) is 23.5. The van der Waals surface area contributed by atoms with Gasteiger partial charge < -0.3 is 14.2 Å². The fraction of sp³-hybridized carbons (Fsp3) is 0.571. The highest BCUT2D eigenvalue weighted by Gasteiger charge is 2.37. The lowest BCUT2D eigenvalue weighted by Gasteiger charge is -2.39. The average molecular weight is 475 g/mol. The Morgan fingerprint density at radius 3 is 1.94 bits per heavy atom. The third-order valence-corrected chi connectivity index (χ3v) is 7.95. The van der Waals surface area contributed by atoms with E-state index >= 15 is 0 Å². The number of benzene rings is 2. The fourth-order valence-electron chi connectivity index (χ4n) is 5.89. The summed E-state index contributed by atoms with van der Waals surface area (Å²) < 4.78 is 59.2. The molecular formula is C28H33F3O3. The summed E-state index contributed by atoms with van der Waals surface area (Å²) in [6.07, 6.45) is 5.78. The summed E-state index contributed by atoms with van der Waals surface area (Å²) in [6, 6.07) is 11.0. The van der Waals surface area contributed by atoms with Gasteiger partial charge in [-0.1, -0.05) is 37.8 Å². The second-order valence-electron chi connectivity index (χ2n) is 10.1. The van der Waals surface area contributed by atoms with Gasteiger partial charge in [0.05, 0.1) is 18.8 Å². The summed E-state index contributed by atoms with van der Waals surface area (Å²) in [4.78, 5) is 0. The maximum Gasteiger partial charge on any atom is 0.426 e. The van der Waals surface area contributed by atoms with E-state index in [1.54, 1.807) is 12.1 Å². The molecule has 0 amide bonds. The average Bonchev–Trinajstić information content (AvgIpc) is 3.41. The predicted molar refractivity (Wildman–Crippen MR) is 123 cm³/mol. The molecule has 0 bridgehead atoms. The van der Waals surface area contributed by atoms with E-state index in [-0.39, 0.29) is 17.6 Å². The van der Waals surface area contributed by atoms with Crippen molar-refractivity contribution in [2.24, 2.45) is 17.8 Å². The van der Waals surface area contributed by atoms with E-state index in [1.807, 2.05) is 0 Å². The van der Waals surface area contributed by atoms with Crippen molar-refractivity contribution >= 4 is 0 Å². The number of hydrogen-bond donors (Lipinski definition) is 0. The molecule has 0 unspecified atom stereocenters. The van der Waals surface area contributed by atoms with Gasteiger partial charge in [-0.3, -0.25) is 0 Å². The van der Waals surface area contributed by atoms with Crippen molar-refractivity contribution in [2.75, 3.05) is 13.2 Å². The van der Waals surface area contributed by atoms with Crippen molar-refractivity contribution in [1.82, 2.24) is 0 Å². The Kier molecular flexibility index (Phi) is 7.16. The third-order valence-electron chi connectivity index (χ3n) is 7.95. The molecule has 2 aromatic rings. The zero-order valence-electron chi connectivity index (χ0n) is 19.4. The highest BCUT2D eigenvalue weighted by molar-refractivity contribution is 5.29. The molecule has 184 valence electrons. The number of ether oxygens (including phenoxy) is 3. The van der Waals surface area contributed by atoms with Crippen molar-refractivity contribution in [3.05, 3.63) is 65.5 Å². The van der Waals surface area contributed by atoms with Crippen LogP contribution in [0.4, 0.5) is 13.2 Å². The van der Waals surface area contributed by atoms with Gasteiger partial charge in [0.2, 0.25) is 0 Å². The van der Waals surface area contributed by atoms with Gasteiger partial charge in [0, 0.05) is 11.8 Å². The minimum atomic E-state index is -3.49. The van der Waals surface area contributed by atoms with Gasteiger partial charge in [0.15, 0.2) is 6.29 Å². The van der Waals surface area contributed by atoms with Gasteiger partial charge in [0.25, 0.3) is 0 Å². The Labute approximate surface area is 199 Å². The maximum absolute atomic E-state index is 14.6. The number of halogens is 3. The first-order chi connectivity index (χ1) is 16.5. The molecule has 3 nitrogen and oxygen atoms in total. The van der Waals surface area contributed by atoms with Crippen LogP contribution < -0.4 is 4.74 Å². The summed E-state index contributed by atoms with van der Waals surface area (Å²) in [5.74, 6) is 1.52. The van der Waals surface area contributed by atoms with Crippen molar-refractivity contribution in [3.63, 3.8) is 0 Å². The molecule has 3 aliphatic rings. The first kappa shape index (κ1) is 23.7. The van der Waals surface area contributed by atoms with Gasteiger partial charge in [-0.05, 0) is 79.5 Å².